The minimum Gasteiger partial charge on any atom is -0.475 e. The van der Waals surface area contributed by atoms with Crippen molar-refractivity contribution in [3.63, 3.8) is 0 Å². The molecule has 10 heteroatoms. The number of fused-ring (bicyclic) bond motifs is 1. The summed E-state index contributed by atoms with van der Waals surface area (Å²) < 4.78 is 37.6. The van der Waals surface area contributed by atoms with Crippen LogP contribution < -0.4 is 10.6 Å². The molecule has 27 heavy (non-hydrogen) atoms. The van der Waals surface area contributed by atoms with Crippen molar-refractivity contribution in [3.8, 4) is 0 Å². The van der Waals surface area contributed by atoms with Crippen LogP contribution >= 0.6 is 11.6 Å². The highest BCUT2D eigenvalue weighted by molar-refractivity contribution is 6.31. The molecule has 1 aliphatic carbocycles. The first-order valence-electron chi connectivity index (χ1n) is 8.45. The summed E-state index contributed by atoms with van der Waals surface area (Å²) in [6.07, 6.45) is -0.372. The lowest BCUT2D eigenvalue weighted by Gasteiger charge is -2.22. The molecule has 3 N–H and O–H groups in total. The number of oxazole rings is 1. The number of halogens is 4. The Balaban J connectivity index is 0.000000260. The first-order chi connectivity index (χ1) is 12.6. The largest absolute Gasteiger partial charge is 0.490 e. The van der Waals surface area contributed by atoms with E-state index in [9.17, 15) is 13.2 Å². The number of nitrogens with two attached hydrogens (primary N) is 1. The second-order valence-corrected chi connectivity index (χ2v) is 7.52. The van der Waals surface area contributed by atoms with Crippen LogP contribution in [0.1, 0.15) is 25.7 Å². The molecule has 2 atom stereocenters. The van der Waals surface area contributed by atoms with Gasteiger partial charge in [0, 0.05) is 24.2 Å². The van der Waals surface area contributed by atoms with Gasteiger partial charge < -0.3 is 20.2 Å². The summed E-state index contributed by atoms with van der Waals surface area (Å²) in [6.45, 7) is 2.02. The summed E-state index contributed by atoms with van der Waals surface area (Å²) in [5.74, 6) is -2.76. The Hall–Kier alpha value is -2.00. The van der Waals surface area contributed by atoms with E-state index >= 15 is 0 Å². The molecule has 1 spiro atoms. The lowest BCUT2D eigenvalue weighted by Crippen LogP contribution is -2.27. The van der Waals surface area contributed by atoms with E-state index in [1.165, 1.54) is 12.8 Å². The summed E-state index contributed by atoms with van der Waals surface area (Å²) in [4.78, 5) is 15.7. The van der Waals surface area contributed by atoms with Crippen LogP contribution in [0.2, 0.25) is 5.02 Å². The van der Waals surface area contributed by atoms with E-state index in [-0.39, 0.29) is 0 Å². The number of carbonyl (C=O) groups is 1. The third-order valence-corrected chi connectivity index (χ3v) is 5.27. The average molecular weight is 406 g/mol. The monoisotopic (exact) mass is 405 g/mol. The van der Waals surface area contributed by atoms with Gasteiger partial charge in [0.15, 0.2) is 5.58 Å². The maximum Gasteiger partial charge on any atom is 0.490 e. The van der Waals surface area contributed by atoms with Gasteiger partial charge in [0.1, 0.15) is 5.52 Å². The molecule has 1 saturated heterocycles. The standard InChI is InChI=1S/C15H18ClN3O.C2HF3O2/c16-10-1-2-13-12(7-10)18-14(20-13)19-6-5-15(9-19)4-3-11(17)8-15;3-2(4,5)1(6)7/h1-2,7,11H,3-6,8-9,17H2;(H,6,7). The molecule has 2 aromatic rings. The molecule has 2 heterocycles. The minimum absolute atomic E-state index is 0.373. The van der Waals surface area contributed by atoms with E-state index in [0.717, 1.165) is 43.0 Å². The van der Waals surface area contributed by atoms with Crippen LogP contribution in [0.25, 0.3) is 11.1 Å². The van der Waals surface area contributed by atoms with Crippen LogP contribution in [0.3, 0.4) is 0 Å². The smallest absolute Gasteiger partial charge is 0.475 e. The van der Waals surface area contributed by atoms with Crippen molar-refractivity contribution in [2.24, 2.45) is 11.1 Å². The first kappa shape index (κ1) is 19.8. The van der Waals surface area contributed by atoms with Crippen LogP contribution in [0.5, 0.6) is 0 Å². The van der Waals surface area contributed by atoms with Crippen LogP contribution in [0, 0.1) is 5.41 Å². The molecule has 1 aromatic heterocycles. The zero-order valence-electron chi connectivity index (χ0n) is 14.3. The fraction of sp³-hybridized carbons (Fsp3) is 0.529. The fourth-order valence-corrected chi connectivity index (χ4v) is 3.91. The zero-order chi connectivity index (χ0) is 19.8. The molecule has 6 nitrogen and oxygen atoms in total. The van der Waals surface area contributed by atoms with Crippen molar-refractivity contribution in [1.29, 1.82) is 0 Å². The van der Waals surface area contributed by atoms with E-state index < -0.39 is 12.1 Å². The van der Waals surface area contributed by atoms with Gasteiger partial charge in [-0.25, -0.2) is 4.79 Å². The highest BCUT2D eigenvalue weighted by atomic mass is 35.5. The maximum atomic E-state index is 10.6. The predicted octanol–water partition coefficient (Wildman–Crippen LogP) is 3.82. The molecule has 0 amide bonds. The van der Waals surface area contributed by atoms with Gasteiger partial charge in [-0.1, -0.05) is 11.6 Å². The normalized spacial score (nSPS) is 25.1. The molecule has 0 bridgehead atoms. The minimum atomic E-state index is -5.08. The van der Waals surface area contributed by atoms with E-state index in [2.05, 4.69) is 9.88 Å². The lowest BCUT2D eigenvalue weighted by atomic mass is 9.85. The number of rotatable bonds is 1. The van der Waals surface area contributed by atoms with Crippen LogP contribution in [-0.2, 0) is 4.79 Å². The van der Waals surface area contributed by atoms with Gasteiger partial charge in [0.25, 0.3) is 6.01 Å². The van der Waals surface area contributed by atoms with Crippen LogP contribution in [-0.4, -0.2) is 41.4 Å². The number of hydrogen-bond acceptors (Lipinski definition) is 5. The van der Waals surface area contributed by atoms with E-state index in [1.54, 1.807) is 0 Å². The van der Waals surface area contributed by atoms with Crippen molar-refractivity contribution >= 4 is 34.7 Å². The quantitative estimate of drug-likeness (QED) is 0.749. The van der Waals surface area contributed by atoms with Gasteiger partial charge in [-0.3, -0.25) is 0 Å². The summed E-state index contributed by atoms with van der Waals surface area (Å²) in [5.41, 5.74) is 8.10. The molecule has 2 fully saturated rings. The van der Waals surface area contributed by atoms with Crippen molar-refractivity contribution in [3.05, 3.63) is 23.2 Å². The summed E-state index contributed by atoms with van der Waals surface area (Å²) in [7, 11) is 0. The molecule has 2 aliphatic rings. The Bertz CT molecular complexity index is 842. The molecule has 0 radical (unpaired) electrons. The Kier molecular flexibility index (Phi) is 5.27. The number of hydrogen-bond donors (Lipinski definition) is 2. The zero-order valence-corrected chi connectivity index (χ0v) is 15.1. The first-order valence-corrected chi connectivity index (χ1v) is 8.83. The second-order valence-electron chi connectivity index (χ2n) is 7.09. The topological polar surface area (TPSA) is 92.6 Å². The average Bonchev–Trinajstić information content (AvgIpc) is 3.26. The Labute approximate surface area is 158 Å². The summed E-state index contributed by atoms with van der Waals surface area (Å²) >= 11 is 5.99. The molecule has 4 rings (SSSR count). The van der Waals surface area contributed by atoms with Gasteiger partial charge in [-0.05, 0) is 49.3 Å². The summed E-state index contributed by atoms with van der Waals surface area (Å²) in [5, 5.41) is 7.82. The molecule has 1 aliphatic heterocycles. The van der Waals surface area contributed by atoms with Gasteiger partial charge in [0.05, 0.1) is 0 Å². The fourth-order valence-electron chi connectivity index (χ4n) is 3.74. The number of aromatic nitrogens is 1. The predicted molar refractivity (Wildman–Crippen MR) is 93.8 cm³/mol. The number of benzene rings is 1. The third kappa shape index (κ3) is 4.47. The highest BCUT2D eigenvalue weighted by Gasteiger charge is 2.44. The van der Waals surface area contributed by atoms with Gasteiger partial charge >= 0.3 is 12.1 Å². The maximum absolute atomic E-state index is 10.6. The van der Waals surface area contributed by atoms with E-state index in [1.807, 2.05) is 18.2 Å². The lowest BCUT2D eigenvalue weighted by molar-refractivity contribution is -0.192. The number of nitrogens with zero attached hydrogens (tertiary/aromatic N) is 2. The molecule has 148 valence electrons. The van der Waals surface area contributed by atoms with Crippen LogP contribution in [0.4, 0.5) is 19.2 Å². The molecule has 1 aromatic carbocycles. The number of aliphatic carboxylic acids is 1. The highest BCUT2D eigenvalue weighted by Crippen LogP contribution is 2.46. The van der Waals surface area contributed by atoms with Crippen molar-refractivity contribution in [2.75, 3.05) is 18.0 Å². The number of carboxylic acids is 1. The third-order valence-electron chi connectivity index (χ3n) is 5.03. The summed E-state index contributed by atoms with van der Waals surface area (Å²) in [6, 6.07) is 6.66. The Morgan fingerprint density at radius 2 is 2.11 bits per heavy atom. The second kappa shape index (κ2) is 7.20. The van der Waals surface area contributed by atoms with Crippen LogP contribution in [0.15, 0.2) is 22.6 Å². The molecule has 2 unspecified atom stereocenters. The SMILES string of the molecule is NC1CCC2(CCN(c3nc4cc(Cl)ccc4o3)C2)C1.O=C(O)C(F)(F)F. The van der Waals surface area contributed by atoms with Crippen molar-refractivity contribution in [2.45, 2.75) is 37.9 Å². The van der Waals surface area contributed by atoms with Gasteiger partial charge in [-0.2, -0.15) is 18.2 Å². The number of carboxylic acid groups (broad SMARTS) is 1. The number of anilines is 1. The van der Waals surface area contributed by atoms with Crippen molar-refractivity contribution in [1.82, 2.24) is 4.98 Å². The van der Waals surface area contributed by atoms with Crippen molar-refractivity contribution < 1.29 is 27.5 Å². The molecular formula is C17H19ClF3N3O3. The van der Waals surface area contributed by atoms with Gasteiger partial charge in [-0.15, -0.1) is 0 Å². The molecule has 1 saturated carbocycles. The molecular weight excluding hydrogens is 387 g/mol. The van der Waals surface area contributed by atoms with E-state index in [4.69, 9.17) is 31.7 Å². The number of alkyl halides is 3. The van der Waals surface area contributed by atoms with Gasteiger partial charge in [0.2, 0.25) is 0 Å². The Morgan fingerprint density at radius 1 is 1.41 bits per heavy atom. The van der Waals surface area contributed by atoms with E-state index in [0.29, 0.717) is 16.5 Å². The Morgan fingerprint density at radius 3 is 2.70 bits per heavy atom.